The minimum absolute atomic E-state index is 0.0125. The van der Waals surface area contributed by atoms with Gasteiger partial charge in [0.15, 0.2) is 11.6 Å². The lowest BCUT2D eigenvalue weighted by Gasteiger charge is -2.23. The van der Waals surface area contributed by atoms with Crippen molar-refractivity contribution in [3.8, 4) is 5.75 Å². The Kier molecular flexibility index (Phi) is 5.18. The molecule has 1 aromatic rings. The summed E-state index contributed by atoms with van der Waals surface area (Å²) in [7, 11) is 0. The highest BCUT2D eigenvalue weighted by Crippen LogP contribution is 2.21. The Morgan fingerprint density at radius 1 is 1.53 bits per heavy atom. The van der Waals surface area contributed by atoms with Crippen molar-refractivity contribution < 1.29 is 14.2 Å². The van der Waals surface area contributed by atoms with E-state index in [2.05, 4.69) is 5.32 Å². The van der Waals surface area contributed by atoms with E-state index in [-0.39, 0.29) is 12.4 Å². The molecule has 0 aliphatic carbocycles. The number of ether oxygens (including phenoxy) is 1. The van der Waals surface area contributed by atoms with E-state index in [0.29, 0.717) is 11.6 Å². The second-order valence-electron chi connectivity index (χ2n) is 4.14. The third-order valence-corrected chi connectivity index (χ3v) is 2.42. The minimum Gasteiger partial charge on any atom is -0.487 e. The molecule has 96 valence electrons. The molecule has 1 unspecified atom stereocenters. The predicted molar refractivity (Wildman–Crippen MR) is 66.1 cm³/mol. The number of likely N-dealkylation sites (N-methyl/N-ethyl adjacent to an activating group) is 1. The lowest BCUT2D eigenvalue weighted by molar-refractivity contribution is 0.0116. The van der Waals surface area contributed by atoms with Gasteiger partial charge in [0.1, 0.15) is 12.2 Å². The molecule has 0 aliphatic rings. The van der Waals surface area contributed by atoms with Gasteiger partial charge in [-0.25, -0.2) is 4.39 Å². The highest BCUT2D eigenvalue weighted by molar-refractivity contribution is 6.30. The first-order chi connectivity index (χ1) is 7.94. The first-order valence-electron chi connectivity index (χ1n) is 5.45. The van der Waals surface area contributed by atoms with E-state index >= 15 is 0 Å². The fourth-order valence-electron chi connectivity index (χ4n) is 1.27. The van der Waals surface area contributed by atoms with Gasteiger partial charge in [0, 0.05) is 11.6 Å². The summed E-state index contributed by atoms with van der Waals surface area (Å²) < 4.78 is 18.6. The summed E-state index contributed by atoms with van der Waals surface area (Å²) in [6.45, 7) is 4.72. The van der Waals surface area contributed by atoms with Crippen LogP contribution in [-0.2, 0) is 0 Å². The van der Waals surface area contributed by atoms with Crippen molar-refractivity contribution >= 4 is 11.6 Å². The van der Waals surface area contributed by atoms with E-state index in [9.17, 15) is 9.50 Å². The molecule has 1 atom stereocenters. The monoisotopic (exact) mass is 261 g/mol. The first-order valence-corrected chi connectivity index (χ1v) is 5.83. The molecule has 0 bridgehead atoms. The maximum Gasteiger partial charge on any atom is 0.166 e. The van der Waals surface area contributed by atoms with E-state index in [1.165, 1.54) is 12.1 Å². The molecule has 17 heavy (non-hydrogen) atoms. The number of hydrogen-bond donors (Lipinski definition) is 2. The van der Waals surface area contributed by atoms with Gasteiger partial charge in [-0.15, -0.1) is 0 Å². The van der Waals surface area contributed by atoms with Gasteiger partial charge >= 0.3 is 0 Å². The Labute approximate surface area is 106 Å². The third-order valence-electron chi connectivity index (χ3n) is 2.19. The van der Waals surface area contributed by atoms with E-state index in [1.54, 1.807) is 13.0 Å². The highest BCUT2D eigenvalue weighted by atomic mass is 35.5. The number of rotatable bonds is 6. The summed E-state index contributed by atoms with van der Waals surface area (Å²) >= 11 is 5.62. The van der Waals surface area contributed by atoms with Gasteiger partial charge in [-0.1, -0.05) is 18.5 Å². The zero-order valence-electron chi connectivity index (χ0n) is 9.96. The standard InChI is InChI=1S/C12H17ClFNO2/c1-3-15-7-12(2,16)8-17-11-5-4-9(13)6-10(11)14/h4-6,15-16H,3,7-8H2,1-2H3. The van der Waals surface area contributed by atoms with Crippen LogP contribution in [0.1, 0.15) is 13.8 Å². The van der Waals surface area contributed by atoms with Crippen LogP contribution >= 0.6 is 11.6 Å². The van der Waals surface area contributed by atoms with Crippen LogP contribution in [0.2, 0.25) is 5.02 Å². The summed E-state index contributed by atoms with van der Waals surface area (Å²) in [5.41, 5.74) is -1.04. The Morgan fingerprint density at radius 3 is 2.82 bits per heavy atom. The largest absolute Gasteiger partial charge is 0.487 e. The second kappa shape index (κ2) is 6.19. The molecule has 2 N–H and O–H groups in total. The number of benzene rings is 1. The summed E-state index contributed by atoms with van der Waals surface area (Å²) in [5.74, 6) is -0.442. The summed E-state index contributed by atoms with van der Waals surface area (Å²) in [4.78, 5) is 0. The second-order valence-corrected chi connectivity index (χ2v) is 4.58. The van der Waals surface area contributed by atoms with Crippen LogP contribution in [0.4, 0.5) is 4.39 Å². The average Bonchev–Trinajstić information content (AvgIpc) is 2.25. The van der Waals surface area contributed by atoms with Gasteiger partial charge in [0.2, 0.25) is 0 Å². The van der Waals surface area contributed by atoms with Crippen molar-refractivity contribution in [1.82, 2.24) is 5.32 Å². The molecule has 5 heteroatoms. The smallest absolute Gasteiger partial charge is 0.166 e. The molecule has 0 aliphatic heterocycles. The Balaban J connectivity index is 2.54. The normalized spacial score (nSPS) is 14.4. The molecule has 0 saturated heterocycles. The summed E-state index contributed by atoms with van der Waals surface area (Å²) in [6, 6.07) is 4.16. The van der Waals surface area contributed by atoms with Crippen molar-refractivity contribution in [2.75, 3.05) is 19.7 Å². The van der Waals surface area contributed by atoms with Crippen LogP contribution in [0.3, 0.4) is 0 Å². The summed E-state index contributed by atoms with van der Waals surface area (Å²) in [5, 5.41) is 13.2. The Bertz CT molecular complexity index is 372. The van der Waals surface area contributed by atoms with E-state index < -0.39 is 11.4 Å². The van der Waals surface area contributed by atoms with E-state index in [0.717, 1.165) is 6.54 Å². The Hall–Kier alpha value is -0.840. The fourth-order valence-corrected chi connectivity index (χ4v) is 1.43. The maximum atomic E-state index is 13.4. The summed E-state index contributed by atoms with van der Waals surface area (Å²) in [6.07, 6.45) is 0. The molecule has 0 heterocycles. The average molecular weight is 262 g/mol. The maximum absolute atomic E-state index is 13.4. The van der Waals surface area contributed by atoms with Gasteiger partial charge in [-0.3, -0.25) is 0 Å². The lowest BCUT2D eigenvalue weighted by Crippen LogP contribution is -2.42. The Morgan fingerprint density at radius 2 is 2.24 bits per heavy atom. The van der Waals surface area contributed by atoms with Gasteiger partial charge in [0.05, 0.1) is 0 Å². The quantitative estimate of drug-likeness (QED) is 0.825. The molecule has 0 radical (unpaired) electrons. The molecule has 0 spiro atoms. The molecular formula is C12H17ClFNO2. The molecule has 0 saturated carbocycles. The minimum atomic E-state index is -1.04. The predicted octanol–water partition coefficient (Wildman–Crippen LogP) is 2.22. The number of hydrogen-bond acceptors (Lipinski definition) is 3. The topological polar surface area (TPSA) is 41.5 Å². The molecule has 0 fully saturated rings. The van der Waals surface area contributed by atoms with E-state index in [1.807, 2.05) is 6.92 Å². The molecule has 1 rings (SSSR count). The van der Waals surface area contributed by atoms with Crippen LogP contribution in [0.15, 0.2) is 18.2 Å². The lowest BCUT2D eigenvalue weighted by atomic mass is 10.1. The van der Waals surface area contributed by atoms with Crippen molar-refractivity contribution in [2.24, 2.45) is 0 Å². The molecular weight excluding hydrogens is 245 g/mol. The zero-order chi connectivity index (χ0) is 12.9. The van der Waals surface area contributed by atoms with Crippen LogP contribution in [0.25, 0.3) is 0 Å². The molecule has 3 nitrogen and oxygen atoms in total. The zero-order valence-corrected chi connectivity index (χ0v) is 10.7. The van der Waals surface area contributed by atoms with Crippen LogP contribution < -0.4 is 10.1 Å². The SMILES string of the molecule is CCNCC(C)(O)COc1ccc(Cl)cc1F. The van der Waals surface area contributed by atoms with Gasteiger partial charge in [0.25, 0.3) is 0 Å². The van der Waals surface area contributed by atoms with Crippen molar-refractivity contribution in [3.63, 3.8) is 0 Å². The highest BCUT2D eigenvalue weighted by Gasteiger charge is 2.21. The van der Waals surface area contributed by atoms with Crippen molar-refractivity contribution in [2.45, 2.75) is 19.4 Å². The molecule has 1 aromatic carbocycles. The van der Waals surface area contributed by atoms with Gasteiger partial charge < -0.3 is 15.2 Å². The van der Waals surface area contributed by atoms with Crippen molar-refractivity contribution in [1.29, 1.82) is 0 Å². The molecule has 0 amide bonds. The van der Waals surface area contributed by atoms with Crippen LogP contribution in [0, 0.1) is 5.82 Å². The number of halogens is 2. The van der Waals surface area contributed by atoms with Gasteiger partial charge in [-0.05, 0) is 31.7 Å². The third kappa shape index (κ3) is 4.89. The fraction of sp³-hybridized carbons (Fsp3) is 0.500. The van der Waals surface area contributed by atoms with E-state index in [4.69, 9.17) is 16.3 Å². The van der Waals surface area contributed by atoms with Gasteiger partial charge in [-0.2, -0.15) is 0 Å². The molecule has 0 aromatic heterocycles. The number of nitrogens with one attached hydrogen (secondary N) is 1. The first kappa shape index (κ1) is 14.2. The van der Waals surface area contributed by atoms with Crippen LogP contribution in [0.5, 0.6) is 5.75 Å². The van der Waals surface area contributed by atoms with Crippen LogP contribution in [-0.4, -0.2) is 30.4 Å². The number of aliphatic hydroxyl groups is 1. The van der Waals surface area contributed by atoms with Crippen molar-refractivity contribution in [3.05, 3.63) is 29.0 Å².